The van der Waals surface area contributed by atoms with Crippen molar-refractivity contribution in [2.75, 3.05) is 6.61 Å². The predicted octanol–water partition coefficient (Wildman–Crippen LogP) is 3.75. The number of aryl methyl sites for hydroxylation is 1. The van der Waals surface area contributed by atoms with Gasteiger partial charge >= 0.3 is 0 Å². The Hall–Kier alpha value is -0.830. The van der Waals surface area contributed by atoms with Gasteiger partial charge in [-0.15, -0.1) is 0 Å². The highest BCUT2D eigenvalue weighted by Gasteiger charge is 2.29. The van der Waals surface area contributed by atoms with Crippen molar-refractivity contribution in [1.82, 2.24) is 0 Å². The monoisotopic (exact) mass is 282 g/mol. The third-order valence-corrected chi connectivity index (χ3v) is 3.67. The zero-order valence-corrected chi connectivity index (χ0v) is 11.3. The van der Waals surface area contributed by atoms with Crippen LogP contribution in [0.15, 0.2) is 16.6 Å². The van der Waals surface area contributed by atoms with Crippen molar-refractivity contribution in [1.29, 1.82) is 0 Å². The minimum absolute atomic E-state index is 0.0868. The molecule has 1 aromatic rings. The van der Waals surface area contributed by atoms with Crippen molar-refractivity contribution < 1.29 is 9.53 Å². The minimum atomic E-state index is -0.0868. The van der Waals surface area contributed by atoms with E-state index in [1.165, 1.54) is 0 Å². The highest BCUT2D eigenvalue weighted by atomic mass is 79.9. The van der Waals surface area contributed by atoms with E-state index in [-0.39, 0.29) is 11.2 Å². The van der Waals surface area contributed by atoms with Crippen LogP contribution in [0.4, 0.5) is 0 Å². The molecule has 0 amide bonds. The number of Topliss-reactive ketones (excluding diaryl/α,β-unsaturated/α-hetero) is 1. The van der Waals surface area contributed by atoms with Gasteiger partial charge in [0.2, 0.25) is 0 Å². The molecule has 0 unspecified atom stereocenters. The maximum absolute atomic E-state index is 12.1. The summed E-state index contributed by atoms with van der Waals surface area (Å²) >= 11 is 3.45. The molecule has 1 aliphatic heterocycles. The van der Waals surface area contributed by atoms with Gasteiger partial charge in [0.1, 0.15) is 5.75 Å². The maximum Gasteiger partial charge on any atom is 0.167 e. The first kappa shape index (κ1) is 11.6. The molecule has 86 valence electrons. The van der Waals surface area contributed by atoms with E-state index in [9.17, 15) is 4.79 Å². The Labute approximate surface area is 104 Å². The number of carbonyl (C=O) groups is 1. The summed E-state index contributed by atoms with van der Waals surface area (Å²) in [6.45, 7) is 6.69. The summed E-state index contributed by atoms with van der Waals surface area (Å²) in [5.74, 6) is 0.884. The summed E-state index contributed by atoms with van der Waals surface area (Å²) in [7, 11) is 0. The maximum atomic E-state index is 12.1. The normalized spacial score (nSPS) is 18.6. The highest BCUT2D eigenvalue weighted by molar-refractivity contribution is 9.10. The van der Waals surface area contributed by atoms with Crippen LogP contribution in [0.25, 0.3) is 0 Å². The lowest BCUT2D eigenvalue weighted by molar-refractivity contribution is 0.0918. The summed E-state index contributed by atoms with van der Waals surface area (Å²) in [6, 6.07) is 3.80. The van der Waals surface area contributed by atoms with Crippen LogP contribution in [0.3, 0.4) is 0 Å². The number of fused-ring (bicyclic) bond motifs is 1. The van der Waals surface area contributed by atoms with Gasteiger partial charge in [0.15, 0.2) is 5.78 Å². The first-order valence-corrected chi connectivity index (χ1v) is 6.14. The molecule has 0 atom stereocenters. The lowest BCUT2D eigenvalue weighted by Gasteiger charge is -2.19. The fraction of sp³-hybridized carbons (Fsp3) is 0.462. The second-order valence-corrected chi connectivity index (χ2v) is 6.00. The number of hydrogen-bond donors (Lipinski definition) is 0. The second kappa shape index (κ2) is 3.88. The van der Waals surface area contributed by atoms with Gasteiger partial charge in [-0.3, -0.25) is 4.79 Å². The van der Waals surface area contributed by atoms with Crippen LogP contribution in [0.2, 0.25) is 0 Å². The van der Waals surface area contributed by atoms with Gasteiger partial charge in [-0.2, -0.15) is 0 Å². The van der Waals surface area contributed by atoms with E-state index < -0.39 is 0 Å². The fourth-order valence-electron chi connectivity index (χ4n) is 1.85. The summed E-state index contributed by atoms with van der Waals surface area (Å²) in [6.07, 6.45) is 0.537. The Morgan fingerprint density at radius 1 is 1.38 bits per heavy atom. The van der Waals surface area contributed by atoms with Crippen molar-refractivity contribution in [3.05, 3.63) is 27.7 Å². The number of ether oxygens (including phenoxy) is 1. The van der Waals surface area contributed by atoms with E-state index in [1.54, 1.807) is 0 Å². The second-order valence-electron chi connectivity index (χ2n) is 5.15. The molecule has 0 saturated carbocycles. The first-order valence-electron chi connectivity index (χ1n) is 5.35. The molecule has 0 fully saturated rings. The van der Waals surface area contributed by atoms with Gasteiger partial charge in [0.05, 0.1) is 12.2 Å². The molecule has 0 aliphatic carbocycles. The van der Waals surface area contributed by atoms with Crippen LogP contribution < -0.4 is 4.74 Å². The minimum Gasteiger partial charge on any atom is -0.492 e. The third kappa shape index (κ3) is 2.14. The van der Waals surface area contributed by atoms with Gasteiger partial charge in [-0.25, -0.2) is 0 Å². The molecule has 2 nitrogen and oxygen atoms in total. The predicted molar refractivity (Wildman–Crippen MR) is 67.1 cm³/mol. The Morgan fingerprint density at radius 2 is 2.06 bits per heavy atom. The zero-order chi connectivity index (χ0) is 11.9. The van der Waals surface area contributed by atoms with Crippen molar-refractivity contribution in [3.63, 3.8) is 0 Å². The largest absolute Gasteiger partial charge is 0.492 e. The van der Waals surface area contributed by atoms with E-state index in [0.29, 0.717) is 18.6 Å². The van der Waals surface area contributed by atoms with Crippen molar-refractivity contribution in [2.24, 2.45) is 5.41 Å². The Kier molecular flexibility index (Phi) is 2.82. The van der Waals surface area contributed by atoms with E-state index in [1.807, 2.05) is 19.1 Å². The van der Waals surface area contributed by atoms with E-state index in [4.69, 9.17) is 4.74 Å². The highest BCUT2D eigenvalue weighted by Crippen LogP contribution is 2.35. The molecule has 16 heavy (non-hydrogen) atoms. The lowest BCUT2D eigenvalue weighted by atomic mass is 9.87. The van der Waals surface area contributed by atoms with Crippen molar-refractivity contribution in [3.8, 4) is 5.75 Å². The number of hydrogen-bond acceptors (Lipinski definition) is 2. The number of ketones is 1. The molecule has 3 heteroatoms. The van der Waals surface area contributed by atoms with Crippen LogP contribution in [-0.4, -0.2) is 12.4 Å². The molecule has 0 bridgehead atoms. The van der Waals surface area contributed by atoms with Gasteiger partial charge in [-0.1, -0.05) is 29.8 Å². The number of benzene rings is 1. The molecule has 0 aromatic heterocycles. The summed E-state index contributed by atoms with van der Waals surface area (Å²) in [4.78, 5) is 12.1. The molecule has 0 saturated heterocycles. The van der Waals surface area contributed by atoms with Crippen LogP contribution in [0.5, 0.6) is 5.75 Å². The van der Waals surface area contributed by atoms with Gasteiger partial charge < -0.3 is 4.74 Å². The molecule has 0 radical (unpaired) electrons. The van der Waals surface area contributed by atoms with E-state index >= 15 is 0 Å². The summed E-state index contributed by atoms with van der Waals surface area (Å²) < 4.78 is 6.69. The first-order chi connectivity index (χ1) is 7.39. The molecule has 1 aliphatic rings. The van der Waals surface area contributed by atoms with Crippen LogP contribution in [0.1, 0.15) is 36.2 Å². The quantitative estimate of drug-likeness (QED) is 0.725. The Morgan fingerprint density at radius 3 is 2.75 bits per heavy atom. The van der Waals surface area contributed by atoms with Crippen molar-refractivity contribution >= 4 is 21.7 Å². The number of halogens is 1. The molecular weight excluding hydrogens is 268 g/mol. The molecule has 0 N–H and O–H groups in total. The fourth-order valence-corrected chi connectivity index (χ4v) is 2.19. The molecule has 1 heterocycles. The van der Waals surface area contributed by atoms with Gasteiger partial charge in [0.25, 0.3) is 0 Å². The van der Waals surface area contributed by atoms with Gasteiger partial charge in [0, 0.05) is 16.3 Å². The standard InChI is InChI=1S/C13H15BrO2/c1-8-4-12-9(5-10(8)14)11(15)6-13(2,3)7-16-12/h4-5H,6-7H2,1-3H3. The number of rotatable bonds is 0. The molecule has 1 aromatic carbocycles. The van der Waals surface area contributed by atoms with Crippen LogP contribution in [0, 0.1) is 12.3 Å². The van der Waals surface area contributed by atoms with Gasteiger partial charge in [-0.05, 0) is 24.6 Å². The van der Waals surface area contributed by atoms with Crippen LogP contribution >= 0.6 is 15.9 Å². The topological polar surface area (TPSA) is 26.3 Å². The van der Waals surface area contributed by atoms with Crippen LogP contribution in [-0.2, 0) is 0 Å². The third-order valence-electron chi connectivity index (χ3n) is 2.82. The van der Waals surface area contributed by atoms with Crippen molar-refractivity contribution in [2.45, 2.75) is 27.2 Å². The molecule has 2 rings (SSSR count). The van der Waals surface area contributed by atoms with E-state index in [2.05, 4.69) is 29.8 Å². The number of carbonyl (C=O) groups excluding carboxylic acids is 1. The lowest BCUT2D eigenvalue weighted by Crippen LogP contribution is -2.21. The Bertz CT molecular complexity index is 449. The molecular formula is C13H15BrO2. The van der Waals surface area contributed by atoms with E-state index in [0.717, 1.165) is 15.8 Å². The zero-order valence-electron chi connectivity index (χ0n) is 9.76. The SMILES string of the molecule is Cc1cc2c(cc1Br)C(=O)CC(C)(C)CO2. The summed E-state index contributed by atoms with van der Waals surface area (Å²) in [5, 5.41) is 0. The average Bonchev–Trinajstić information content (AvgIpc) is 2.27. The average molecular weight is 283 g/mol. The summed E-state index contributed by atoms with van der Waals surface area (Å²) in [5.41, 5.74) is 1.70. The Balaban J connectivity index is 2.49. The smallest absolute Gasteiger partial charge is 0.167 e. The molecule has 0 spiro atoms.